The molecule has 0 bridgehead atoms. The maximum absolute atomic E-state index is 15.3. The molecule has 1 amide bonds. The second-order valence-corrected chi connectivity index (χ2v) is 8.28. The summed E-state index contributed by atoms with van der Waals surface area (Å²) in [5, 5.41) is 11.5. The number of aromatic nitrogens is 2. The van der Waals surface area contributed by atoms with Crippen molar-refractivity contribution in [1.82, 2.24) is 14.6 Å². The second kappa shape index (κ2) is 7.78. The fourth-order valence-corrected chi connectivity index (χ4v) is 4.53. The van der Waals surface area contributed by atoms with Crippen molar-refractivity contribution in [2.75, 3.05) is 30.9 Å². The molecule has 31 heavy (non-hydrogen) atoms. The quantitative estimate of drug-likeness (QED) is 0.602. The fourth-order valence-electron chi connectivity index (χ4n) is 4.53. The van der Waals surface area contributed by atoms with E-state index in [1.54, 1.807) is 11.8 Å². The van der Waals surface area contributed by atoms with Crippen LogP contribution in [0.5, 0.6) is 5.75 Å². The van der Waals surface area contributed by atoms with E-state index < -0.39 is 23.2 Å². The van der Waals surface area contributed by atoms with Gasteiger partial charge in [-0.3, -0.25) is 9.36 Å². The van der Waals surface area contributed by atoms with Gasteiger partial charge in [0.15, 0.2) is 11.6 Å². The Morgan fingerprint density at radius 1 is 1.35 bits per heavy atom. The zero-order valence-corrected chi connectivity index (χ0v) is 17.4. The van der Waals surface area contributed by atoms with Crippen LogP contribution >= 0.6 is 0 Å². The van der Waals surface area contributed by atoms with E-state index >= 15 is 4.39 Å². The first kappa shape index (κ1) is 21.0. The normalized spacial score (nSPS) is 20.0. The number of carboxylic acid groups (broad SMARTS) is 1. The van der Waals surface area contributed by atoms with Gasteiger partial charge in [-0.25, -0.2) is 14.0 Å². The Morgan fingerprint density at radius 2 is 2.06 bits per heavy atom. The number of carbonyl (C=O) groups is 1. The Bertz CT molecular complexity index is 1160. The number of amides is 1. The molecule has 1 aliphatic carbocycles. The number of hydrogen-bond acceptors (Lipinski definition) is 6. The van der Waals surface area contributed by atoms with Crippen LogP contribution in [0.2, 0.25) is 0 Å². The average Bonchev–Trinajstić information content (AvgIpc) is 3.56. The monoisotopic (exact) mass is 435 g/mol. The molecule has 1 saturated carbocycles. The van der Waals surface area contributed by atoms with Crippen LogP contribution < -0.4 is 32.0 Å². The number of fused-ring (bicyclic) bond motifs is 1. The average molecular weight is 435 g/mol. The molecule has 4 N–H and O–H groups in total. The van der Waals surface area contributed by atoms with Crippen LogP contribution in [-0.4, -0.2) is 46.7 Å². The molecule has 0 spiro atoms. The van der Waals surface area contributed by atoms with Gasteiger partial charge in [0.1, 0.15) is 11.2 Å². The smallest absolute Gasteiger partial charge is 0.404 e. The molecule has 2 fully saturated rings. The highest BCUT2D eigenvalue weighted by Gasteiger charge is 2.34. The predicted molar refractivity (Wildman–Crippen MR) is 113 cm³/mol. The van der Waals surface area contributed by atoms with E-state index in [1.165, 1.54) is 11.7 Å². The number of nitrogen functional groups attached to an aromatic ring is 1. The predicted octanol–water partition coefficient (Wildman–Crippen LogP) is 1.23. The summed E-state index contributed by atoms with van der Waals surface area (Å²) >= 11 is 0. The van der Waals surface area contributed by atoms with Gasteiger partial charge in [0, 0.05) is 25.2 Å². The van der Waals surface area contributed by atoms with Gasteiger partial charge in [-0.2, -0.15) is 4.68 Å². The van der Waals surface area contributed by atoms with Gasteiger partial charge < -0.3 is 25.9 Å². The van der Waals surface area contributed by atoms with Crippen LogP contribution in [0.4, 0.5) is 14.9 Å². The first-order chi connectivity index (χ1) is 14.7. The molecule has 2 unspecified atom stereocenters. The second-order valence-electron chi connectivity index (χ2n) is 8.28. The Morgan fingerprint density at radius 3 is 2.68 bits per heavy atom. The van der Waals surface area contributed by atoms with E-state index in [2.05, 4.69) is 5.32 Å². The van der Waals surface area contributed by atoms with Crippen LogP contribution in [-0.2, 0) is 0 Å². The highest BCUT2D eigenvalue weighted by atomic mass is 19.1. The SMILES string of the molecule is COc1c(N2CCCC(C(C)NC(=O)O)C2)c(F)cc2c(=O)n(N)c(=O)n(C3CC3)c12. The summed E-state index contributed by atoms with van der Waals surface area (Å²) in [4.78, 5) is 38.2. The molecule has 1 aromatic heterocycles. The molecule has 2 atom stereocenters. The zero-order valence-electron chi connectivity index (χ0n) is 17.4. The van der Waals surface area contributed by atoms with Crippen molar-refractivity contribution in [3.8, 4) is 5.75 Å². The Kier molecular flexibility index (Phi) is 5.28. The minimum absolute atomic E-state index is 0.0124. The van der Waals surface area contributed by atoms with E-state index in [-0.39, 0.29) is 40.3 Å². The number of methoxy groups -OCH3 is 1. The number of benzene rings is 1. The lowest BCUT2D eigenvalue weighted by molar-refractivity contribution is 0.183. The first-order valence-electron chi connectivity index (χ1n) is 10.3. The van der Waals surface area contributed by atoms with Crippen molar-refractivity contribution in [1.29, 1.82) is 0 Å². The summed E-state index contributed by atoms with van der Waals surface area (Å²) in [6.45, 7) is 2.73. The number of rotatable bonds is 5. The van der Waals surface area contributed by atoms with Gasteiger partial charge >= 0.3 is 11.8 Å². The van der Waals surface area contributed by atoms with E-state index in [0.29, 0.717) is 17.8 Å². The fraction of sp³-hybridized carbons (Fsp3) is 0.550. The van der Waals surface area contributed by atoms with Crippen LogP contribution in [0.15, 0.2) is 15.7 Å². The summed E-state index contributed by atoms with van der Waals surface area (Å²) in [7, 11) is 1.38. The summed E-state index contributed by atoms with van der Waals surface area (Å²) in [5.74, 6) is 5.11. The maximum atomic E-state index is 15.3. The third-order valence-electron chi connectivity index (χ3n) is 6.23. The summed E-state index contributed by atoms with van der Waals surface area (Å²) in [6.07, 6.45) is 1.93. The van der Waals surface area contributed by atoms with Gasteiger partial charge in [0.25, 0.3) is 5.56 Å². The van der Waals surface area contributed by atoms with E-state index in [9.17, 15) is 14.4 Å². The number of ether oxygens (including phenoxy) is 1. The van der Waals surface area contributed by atoms with E-state index in [4.69, 9.17) is 15.7 Å². The number of piperidine rings is 1. The van der Waals surface area contributed by atoms with Crippen LogP contribution in [0.3, 0.4) is 0 Å². The third-order valence-corrected chi connectivity index (χ3v) is 6.23. The van der Waals surface area contributed by atoms with E-state index in [1.807, 2.05) is 0 Å². The van der Waals surface area contributed by atoms with Crippen molar-refractivity contribution in [3.63, 3.8) is 0 Å². The van der Waals surface area contributed by atoms with E-state index in [0.717, 1.165) is 31.7 Å². The molecule has 168 valence electrons. The highest BCUT2D eigenvalue weighted by molar-refractivity contribution is 5.91. The van der Waals surface area contributed by atoms with Gasteiger partial charge in [-0.15, -0.1) is 0 Å². The Labute approximate surface area is 177 Å². The lowest BCUT2D eigenvalue weighted by atomic mass is 9.91. The minimum Gasteiger partial charge on any atom is -0.492 e. The lowest BCUT2D eigenvalue weighted by Crippen LogP contribution is -2.46. The molecule has 1 aromatic carbocycles. The van der Waals surface area contributed by atoms with Crippen molar-refractivity contribution in [3.05, 3.63) is 32.7 Å². The molecule has 1 aliphatic heterocycles. The number of hydrogen-bond donors (Lipinski definition) is 3. The Hall–Kier alpha value is -3.24. The first-order valence-corrected chi connectivity index (χ1v) is 10.3. The van der Waals surface area contributed by atoms with Gasteiger partial charge in [0.2, 0.25) is 0 Å². The van der Waals surface area contributed by atoms with Crippen molar-refractivity contribution < 1.29 is 19.0 Å². The number of halogens is 1. The highest BCUT2D eigenvalue weighted by Crippen LogP contribution is 2.43. The molecule has 4 rings (SSSR count). The van der Waals surface area contributed by atoms with Crippen molar-refractivity contribution in [2.24, 2.45) is 5.92 Å². The van der Waals surface area contributed by atoms with Crippen LogP contribution in [0.25, 0.3) is 10.9 Å². The molecule has 2 aliphatic rings. The van der Waals surface area contributed by atoms with Gasteiger partial charge in [-0.1, -0.05) is 0 Å². The zero-order chi connectivity index (χ0) is 22.4. The number of nitrogens with zero attached hydrogens (tertiary/aromatic N) is 3. The third kappa shape index (κ3) is 3.57. The lowest BCUT2D eigenvalue weighted by Gasteiger charge is -2.38. The van der Waals surface area contributed by atoms with Gasteiger partial charge in [-0.05, 0) is 44.6 Å². The molecular formula is C20H26FN5O5. The Balaban J connectivity index is 1.87. The molecule has 10 nitrogen and oxygen atoms in total. The largest absolute Gasteiger partial charge is 0.492 e. The molecule has 2 aromatic rings. The summed E-state index contributed by atoms with van der Waals surface area (Å²) < 4.78 is 22.9. The number of nitrogens with one attached hydrogen (secondary N) is 1. The topological polar surface area (TPSA) is 132 Å². The maximum Gasteiger partial charge on any atom is 0.404 e. The van der Waals surface area contributed by atoms with Gasteiger partial charge in [0.05, 0.1) is 12.5 Å². The number of anilines is 1. The van der Waals surface area contributed by atoms with Crippen LogP contribution in [0, 0.1) is 11.7 Å². The van der Waals surface area contributed by atoms with Crippen molar-refractivity contribution >= 4 is 22.7 Å². The molecule has 11 heteroatoms. The molecule has 1 saturated heterocycles. The number of nitrogens with two attached hydrogens (primary N) is 1. The molecule has 0 radical (unpaired) electrons. The summed E-state index contributed by atoms with van der Waals surface area (Å²) in [5.41, 5.74) is -1.02. The standard InChI is InChI=1S/C20H26FN5O5/c1-10(23-19(28)29)11-4-3-7-24(9-11)16-14(21)8-13-15(17(16)31-2)25(12-5-6-12)20(30)26(22)18(13)27/h8,10-12,23H,3-7,9,22H2,1-2H3,(H,28,29). The van der Waals surface area contributed by atoms with Crippen molar-refractivity contribution in [2.45, 2.75) is 44.7 Å². The summed E-state index contributed by atoms with van der Waals surface area (Å²) in [6, 6.07) is 0.676. The molecular weight excluding hydrogens is 409 g/mol. The molecule has 2 heterocycles. The minimum atomic E-state index is -1.11. The van der Waals surface area contributed by atoms with Crippen LogP contribution in [0.1, 0.15) is 38.6 Å².